The topological polar surface area (TPSA) is 64.4 Å². The van der Waals surface area contributed by atoms with Gasteiger partial charge in [-0.25, -0.2) is 4.79 Å². The molecule has 106 valence electrons. The van der Waals surface area contributed by atoms with Gasteiger partial charge in [-0.15, -0.1) is 0 Å². The Morgan fingerprint density at radius 2 is 2.00 bits per heavy atom. The van der Waals surface area contributed by atoms with Gasteiger partial charge in [0, 0.05) is 18.3 Å². The molecule has 5 heteroatoms. The molecule has 0 amide bonds. The van der Waals surface area contributed by atoms with Crippen molar-refractivity contribution in [3.05, 3.63) is 36.0 Å². The van der Waals surface area contributed by atoms with Crippen LogP contribution in [-0.4, -0.2) is 27.0 Å². The highest BCUT2D eigenvalue weighted by atomic mass is 16.5. The minimum absolute atomic E-state index is 0.106. The maximum Gasteiger partial charge on any atom is 0.339 e. The van der Waals surface area contributed by atoms with E-state index in [4.69, 9.17) is 4.74 Å². The maximum atomic E-state index is 11.3. The Hall–Kier alpha value is -2.30. The van der Waals surface area contributed by atoms with Gasteiger partial charge in [-0.3, -0.25) is 4.68 Å². The Kier molecular flexibility index (Phi) is 4.08. The van der Waals surface area contributed by atoms with Crippen LogP contribution in [0.1, 0.15) is 31.1 Å². The lowest BCUT2D eigenvalue weighted by atomic mass is 10.1. The number of hydrogen-bond donors (Lipinski definition) is 1. The molecule has 0 saturated carbocycles. The highest BCUT2D eigenvalue weighted by Crippen LogP contribution is 2.25. The number of ether oxygens (including phenoxy) is 1. The van der Waals surface area contributed by atoms with E-state index in [9.17, 15) is 9.90 Å². The van der Waals surface area contributed by atoms with Gasteiger partial charge in [0.25, 0.3) is 0 Å². The summed E-state index contributed by atoms with van der Waals surface area (Å²) in [6, 6.07) is 7.30. The number of carboxylic acid groups (broad SMARTS) is 1. The molecule has 0 unspecified atom stereocenters. The van der Waals surface area contributed by atoms with E-state index >= 15 is 0 Å². The molecule has 1 aromatic carbocycles. The summed E-state index contributed by atoms with van der Waals surface area (Å²) in [5.74, 6) is -0.210. The third-order valence-corrected chi connectivity index (χ3v) is 2.82. The summed E-state index contributed by atoms with van der Waals surface area (Å²) in [6.07, 6.45) is 1.66. The molecule has 0 bridgehead atoms. The molecule has 0 aliphatic carbocycles. The van der Waals surface area contributed by atoms with Gasteiger partial charge < -0.3 is 9.84 Å². The van der Waals surface area contributed by atoms with Crippen molar-refractivity contribution < 1.29 is 14.6 Å². The smallest absolute Gasteiger partial charge is 0.339 e. The fourth-order valence-corrected chi connectivity index (χ4v) is 1.92. The van der Waals surface area contributed by atoms with Crippen molar-refractivity contribution in [1.29, 1.82) is 0 Å². The number of carboxylic acids is 1. The van der Waals surface area contributed by atoms with Crippen molar-refractivity contribution in [2.24, 2.45) is 0 Å². The standard InChI is InChI=1S/C15H18N2O3/c1-4-17-9-13(15(18)19)14(16-17)11-5-7-12(8-6-11)20-10(2)3/h5-10H,4H2,1-3H3,(H,18,19). The molecule has 20 heavy (non-hydrogen) atoms. The van der Waals surface area contributed by atoms with Crippen LogP contribution in [-0.2, 0) is 6.54 Å². The van der Waals surface area contributed by atoms with Crippen molar-refractivity contribution in [3.63, 3.8) is 0 Å². The molecule has 0 atom stereocenters. The van der Waals surface area contributed by atoms with E-state index in [-0.39, 0.29) is 11.7 Å². The second-order valence-electron chi connectivity index (χ2n) is 4.74. The van der Waals surface area contributed by atoms with E-state index in [1.54, 1.807) is 10.9 Å². The summed E-state index contributed by atoms with van der Waals surface area (Å²) in [7, 11) is 0. The molecule has 0 radical (unpaired) electrons. The average Bonchev–Trinajstić information content (AvgIpc) is 2.83. The van der Waals surface area contributed by atoms with Crippen LogP contribution in [0.4, 0.5) is 0 Å². The molecule has 1 aromatic heterocycles. The van der Waals surface area contributed by atoms with Crippen LogP contribution in [0, 0.1) is 0 Å². The maximum absolute atomic E-state index is 11.3. The van der Waals surface area contributed by atoms with Gasteiger partial charge in [-0.05, 0) is 45.0 Å². The van der Waals surface area contributed by atoms with Crippen molar-refractivity contribution in [1.82, 2.24) is 9.78 Å². The minimum Gasteiger partial charge on any atom is -0.491 e. The molecule has 0 saturated heterocycles. The van der Waals surface area contributed by atoms with Crippen LogP contribution < -0.4 is 4.74 Å². The molecule has 0 fully saturated rings. The van der Waals surface area contributed by atoms with Gasteiger partial charge in [0.2, 0.25) is 0 Å². The normalized spacial score (nSPS) is 10.8. The Bertz CT molecular complexity index is 600. The van der Waals surface area contributed by atoms with Crippen LogP contribution in [0.5, 0.6) is 5.75 Å². The van der Waals surface area contributed by atoms with E-state index in [1.807, 2.05) is 45.0 Å². The van der Waals surface area contributed by atoms with Crippen molar-refractivity contribution >= 4 is 5.97 Å². The summed E-state index contributed by atoms with van der Waals surface area (Å²) in [5.41, 5.74) is 1.46. The third-order valence-electron chi connectivity index (χ3n) is 2.82. The first-order valence-corrected chi connectivity index (χ1v) is 6.59. The first kappa shape index (κ1) is 14.1. The molecule has 1 N–H and O–H groups in total. The predicted molar refractivity (Wildman–Crippen MR) is 76.1 cm³/mol. The van der Waals surface area contributed by atoms with Crippen molar-refractivity contribution in [3.8, 4) is 17.0 Å². The van der Waals surface area contributed by atoms with Crippen molar-refractivity contribution in [2.75, 3.05) is 0 Å². The number of hydrogen-bond acceptors (Lipinski definition) is 3. The number of aromatic carboxylic acids is 1. The number of carbonyl (C=O) groups is 1. The Morgan fingerprint density at radius 3 is 2.50 bits per heavy atom. The fourth-order valence-electron chi connectivity index (χ4n) is 1.92. The van der Waals surface area contributed by atoms with Gasteiger partial charge in [0.1, 0.15) is 17.0 Å². The fraction of sp³-hybridized carbons (Fsp3) is 0.333. The van der Waals surface area contributed by atoms with Crippen LogP contribution in [0.25, 0.3) is 11.3 Å². The number of rotatable bonds is 5. The van der Waals surface area contributed by atoms with E-state index in [1.165, 1.54) is 0 Å². The molecular weight excluding hydrogens is 256 g/mol. The van der Waals surface area contributed by atoms with E-state index in [0.29, 0.717) is 12.2 Å². The second-order valence-corrected chi connectivity index (χ2v) is 4.74. The number of benzene rings is 1. The zero-order valence-corrected chi connectivity index (χ0v) is 11.8. The van der Waals surface area contributed by atoms with Gasteiger partial charge in [0.15, 0.2) is 0 Å². The van der Waals surface area contributed by atoms with Crippen LogP contribution in [0.3, 0.4) is 0 Å². The zero-order chi connectivity index (χ0) is 14.7. The summed E-state index contributed by atoms with van der Waals surface area (Å²) in [5, 5.41) is 13.5. The van der Waals surface area contributed by atoms with E-state index in [0.717, 1.165) is 11.3 Å². The molecule has 2 rings (SSSR count). The molecule has 5 nitrogen and oxygen atoms in total. The Balaban J connectivity index is 2.36. The second kappa shape index (κ2) is 5.77. The largest absolute Gasteiger partial charge is 0.491 e. The van der Waals surface area contributed by atoms with Gasteiger partial charge in [-0.1, -0.05) is 0 Å². The average molecular weight is 274 g/mol. The van der Waals surface area contributed by atoms with Crippen LogP contribution >= 0.6 is 0 Å². The molecule has 1 heterocycles. The highest BCUT2D eigenvalue weighted by Gasteiger charge is 2.16. The third kappa shape index (κ3) is 2.99. The highest BCUT2D eigenvalue weighted by molar-refractivity contribution is 5.94. The zero-order valence-electron chi connectivity index (χ0n) is 11.8. The first-order valence-electron chi connectivity index (χ1n) is 6.59. The molecule has 0 spiro atoms. The molecular formula is C15H18N2O3. The lowest BCUT2D eigenvalue weighted by Crippen LogP contribution is -2.05. The van der Waals surface area contributed by atoms with E-state index in [2.05, 4.69) is 5.10 Å². The molecule has 2 aromatic rings. The Morgan fingerprint density at radius 1 is 1.35 bits per heavy atom. The first-order chi connectivity index (χ1) is 9.51. The van der Waals surface area contributed by atoms with Gasteiger partial charge >= 0.3 is 5.97 Å². The lowest BCUT2D eigenvalue weighted by molar-refractivity contribution is 0.0697. The quantitative estimate of drug-likeness (QED) is 0.910. The monoisotopic (exact) mass is 274 g/mol. The van der Waals surface area contributed by atoms with Gasteiger partial charge in [0.05, 0.1) is 6.10 Å². The summed E-state index contributed by atoms with van der Waals surface area (Å²) >= 11 is 0. The van der Waals surface area contributed by atoms with Crippen LogP contribution in [0.15, 0.2) is 30.5 Å². The van der Waals surface area contributed by atoms with Crippen LogP contribution in [0.2, 0.25) is 0 Å². The summed E-state index contributed by atoms with van der Waals surface area (Å²) < 4.78 is 7.19. The SMILES string of the molecule is CCn1cc(C(=O)O)c(-c2ccc(OC(C)C)cc2)n1. The van der Waals surface area contributed by atoms with Gasteiger partial charge in [-0.2, -0.15) is 5.10 Å². The number of aryl methyl sites for hydroxylation is 1. The van der Waals surface area contributed by atoms with E-state index < -0.39 is 5.97 Å². The number of aromatic nitrogens is 2. The predicted octanol–water partition coefficient (Wildman–Crippen LogP) is 3.06. The molecule has 0 aliphatic heterocycles. The Labute approximate surface area is 117 Å². The summed E-state index contributed by atoms with van der Waals surface area (Å²) in [6.45, 7) is 6.47. The lowest BCUT2D eigenvalue weighted by Gasteiger charge is -2.09. The van der Waals surface area contributed by atoms with Crippen molar-refractivity contribution in [2.45, 2.75) is 33.4 Å². The summed E-state index contributed by atoms with van der Waals surface area (Å²) in [4.78, 5) is 11.3. The molecule has 0 aliphatic rings. The minimum atomic E-state index is -0.970. The number of nitrogens with zero attached hydrogens (tertiary/aromatic N) is 2.